The van der Waals surface area contributed by atoms with E-state index in [0.717, 1.165) is 51.3 Å². The van der Waals surface area contributed by atoms with Crippen LogP contribution in [0.25, 0.3) is 22.0 Å². The number of carbonyl (C=O) groups excluding carboxylic acids is 1. The number of halogens is 1. The summed E-state index contributed by atoms with van der Waals surface area (Å²) >= 11 is 0. The van der Waals surface area contributed by atoms with Gasteiger partial charge in [-0.2, -0.15) is 0 Å². The van der Waals surface area contributed by atoms with Crippen LogP contribution in [0.1, 0.15) is 45.4 Å². The first-order valence-electron chi connectivity index (χ1n) is 13.5. The normalized spacial score (nSPS) is 11.4. The average Bonchev–Trinajstić information content (AvgIpc) is 2.92. The topological polar surface area (TPSA) is 79.4 Å². The van der Waals surface area contributed by atoms with E-state index < -0.39 is 11.8 Å². The third-order valence-electron chi connectivity index (χ3n) is 6.75. The van der Waals surface area contributed by atoms with Crippen molar-refractivity contribution in [3.63, 3.8) is 0 Å². The molecule has 0 radical (unpaired) electrons. The lowest BCUT2D eigenvalue weighted by Gasteiger charge is -2.19. The molecule has 40 heavy (non-hydrogen) atoms. The zero-order valence-electron chi connectivity index (χ0n) is 24.1. The van der Waals surface area contributed by atoms with Gasteiger partial charge in [-0.25, -0.2) is 14.2 Å². The minimum atomic E-state index is -0.493. The first-order chi connectivity index (χ1) is 19.1. The van der Waals surface area contributed by atoms with Gasteiger partial charge in [0, 0.05) is 49.0 Å². The number of benzene rings is 2. The van der Waals surface area contributed by atoms with Crippen molar-refractivity contribution >= 4 is 28.4 Å². The van der Waals surface area contributed by atoms with Crippen LogP contribution >= 0.6 is 0 Å². The van der Waals surface area contributed by atoms with E-state index in [1.807, 2.05) is 56.6 Å². The third-order valence-corrected chi connectivity index (χ3v) is 6.75. The van der Waals surface area contributed by atoms with Crippen LogP contribution in [0.3, 0.4) is 0 Å². The summed E-state index contributed by atoms with van der Waals surface area (Å²) in [4.78, 5) is 24.1. The van der Waals surface area contributed by atoms with Crippen molar-refractivity contribution in [1.29, 1.82) is 0 Å². The number of amides is 2. The number of rotatable bonds is 9. The highest BCUT2D eigenvalue weighted by Gasteiger charge is 2.15. The molecule has 0 spiro atoms. The van der Waals surface area contributed by atoms with Gasteiger partial charge in [0.25, 0.3) is 0 Å². The first kappa shape index (κ1) is 28.8. The second-order valence-electron chi connectivity index (χ2n) is 11.2. The third kappa shape index (κ3) is 7.25. The number of aromatic nitrogens is 2. The zero-order valence-corrected chi connectivity index (χ0v) is 24.1. The fourth-order valence-electron chi connectivity index (χ4n) is 4.42. The number of pyridine rings is 2. The van der Waals surface area contributed by atoms with E-state index in [2.05, 4.69) is 41.3 Å². The number of methoxy groups -OCH3 is 1. The molecule has 2 heterocycles. The van der Waals surface area contributed by atoms with Gasteiger partial charge in [-0.05, 0) is 59.7 Å². The van der Waals surface area contributed by atoms with Crippen LogP contribution in [0.2, 0.25) is 0 Å². The summed E-state index contributed by atoms with van der Waals surface area (Å²) in [6.45, 7) is 9.56. The van der Waals surface area contributed by atoms with Gasteiger partial charge < -0.3 is 20.3 Å². The Balaban J connectivity index is 1.55. The summed E-state index contributed by atoms with van der Waals surface area (Å²) in [6.07, 6.45) is 3.33. The Bertz CT molecular complexity index is 1480. The molecule has 4 aromatic rings. The maximum atomic E-state index is 14.6. The number of aryl methyl sites for hydroxylation is 1. The van der Waals surface area contributed by atoms with Crippen LogP contribution in [-0.2, 0) is 13.0 Å². The summed E-state index contributed by atoms with van der Waals surface area (Å²) in [5.41, 5.74) is 4.75. The molecule has 2 amide bonds. The minimum absolute atomic E-state index is 0.0969. The van der Waals surface area contributed by atoms with E-state index in [9.17, 15) is 9.18 Å². The van der Waals surface area contributed by atoms with Crippen molar-refractivity contribution in [2.24, 2.45) is 5.41 Å². The second kappa shape index (κ2) is 12.3. The summed E-state index contributed by atoms with van der Waals surface area (Å²) < 4.78 is 19.9. The largest absolute Gasteiger partial charge is 0.497 e. The number of hydrogen-bond donors (Lipinski definition) is 2. The fourth-order valence-corrected chi connectivity index (χ4v) is 4.42. The number of ether oxygens (including phenoxy) is 1. The van der Waals surface area contributed by atoms with Crippen LogP contribution in [-0.4, -0.2) is 36.7 Å². The summed E-state index contributed by atoms with van der Waals surface area (Å²) in [6, 6.07) is 16.3. The number of hydrogen-bond acceptors (Lipinski definition) is 5. The van der Waals surface area contributed by atoms with Crippen molar-refractivity contribution in [3.05, 3.63) is 77.9 Å². The van der Waals surface area contributed by atoms with Gasteiger partial charge in [0.15, 0.2) is 0 Å². The molecule has 2 aromatic carbocycles. The number of nitrogens with zero attached hydrogens (tertiary/aromatic N) is 3. The summed E-state index contributed by atoms with van der Waals surface area (Å²) in [5, 5.41) is 6.35. The minimum Gasteiger partial charge on any atom is -0.497 e. The smallest absolute Gasteiger partial charge is 0.319 e. The predicted octanol–water partition coefficient (Wildman–Crippen LogP) is 7.20. The lowest BCUT2D eigenvalue weighted by Crippen LogP contribution is -2.31. The number of urea groups is 1. The maximum absolute atomic E-state index is 14.6. The molecular weight excluding hydrogens is 505 g/mol. The van der Waals surface area contributed by atoms with Crippen molar-refractivity contribution in [2.75, 3.05) is 30.9 Å². The molecule has 4 rings (SSSR count). The van der Waals surface area contributed by atoms with Crippen LogP contribution in [0, 0.1) is 11.2 Å². The number of carbonyl (C=O) groups is 1. The van der Waals surface area contributed by atoms with E-state index in [0.29, 0.717) is 19.5 Å². The molecule has 7 nitrogen and oxygen atoms in total. The Morgan fingerprint density at radius 3 is 2.50 bits per heavy atom. The standard InChI is InChI=1S/C32H38FN5O2/c1-7-27-25(22-10-13-26(33)29(17-22)37-31(39)34-15-14-32(2,3)4)16-23-19-35-30(18-28(23)36-27)38(5)20-21-8-11-24(40-6)12-9-21/h8-13,16-19H,7,14-15,20H2,1-6H3,(H2,34,37,39). The van der Waals surface area contributed by atoms with E-state index in [-0.39, 0.29) is 11.1 Å². The number of nitrogens with one attached hydrogen (secondary N) is 2. The Labute approximate surface area is 235 Å². The zero-order chi connectivity index (χ0) is 28.9. The van der Waals surface area contributed by atoms with Crippen molar-refractivity contribution in [1.82, 2.24) is 15.3 Å². The van der Waals surface area contributed by atoms with Gasteiger partial charge >= 0.3 is 6.03 Å². The van der Waals surface area contributed by atoms with Crippen molar-refractivity contribution in [2.45, 2.75) is 47.1 Å². The Kier molecular flexibility index (Phi) is 8.87. The van der Waals surface area contributed by atoms with Gasteiger partial charge in [0.2, 0.25) is 0 Å². The van der Waals surface area contributed by atoms with Gasteiger partial charge in [-0.3, -0.25) is 4.98 Å². The SMILES string of the molecule is CCc1nc2cc(N(C)Cc3ccc(OC)cc3)ncc2cc1-c1ccc(F)c(NC(=O)NCCC(C)(C)C)c1. The fraction of sp³-hybridized carbons (Fsp3) is 0.344. The maximum Gasteiger partial charge on any atom is 0.319 e. The highest BCUT2D eigenvalue weighted by Crippen LogP contribution is 2.31. The molecule has 0 saturated heterocycles. The lowest BCUT2D eigenvalue weighted by molar-refractivity contribution is 0.250. The molecule has 8 heteroatoms. The van der Waals surface area contributed by atoms with Crippen LogP contribution in [0.15, 0.2) is 60.8 Å². The molecular formula is C32H38FN5O2. The van der Waals surface area contributed by atoms with Crippen LogP contribution in [0.4, 0.5) is 20.7 Å². The Morgan fingerprint density at radius 2 is 1.82 bits per heavy atom. The van der Waals surface area contributed by atoms with E-state index in [1.165, 1.54) is 6.07 Å². The van der Waals surface area contributed by atoms with Crippen molar-refractivity contribution in [3.8, 4) is 16.9 Å². The molecule has 2 aromatic heterocycles. The van der Waals surface area contributed by atoms with E-state index >= 15 is 0 Å². The van der Waals surface area contributed by atoms with Crippen LogP contribution < -0.4 is 20.3 Å². The Morgan fingerprint density at radius 1 is 1.07 bits per heavy atom. The second-order valence-corrected chi connectivity index (χ2v) is 11.2. The van der Waals surface area contributed by atoms with Gasteiger partial charge in [-0.1, -0.05) is 45.9 Å². The van der Waals surface area contributed by atoms with Crippen molar-refractivity contribution < 1.29 is 13.9 Å². The highest BCUT2D eigenvalue weighted by atomic mass is 19.1. The Hall–Kier alpha value is -4.20. The first-order valence-corrected chi connectivity index (χ1v) is 13.5. The highest BCUT2D eigenvalue weighted by molar-refractivity contribution is 5.91. The van der Waals surface area contributed by atoms with E-state index in [4.69, 9.17) is 9.72 Å². The lowest BCUT2D eigenvalue weighted by atomic mass is 9.92. The van der Waals surface area contributed by atoms with E-state index in [1.54, 1.807) is 19.2 Å². The molecule has 0 bridgehead atoms. The predicted molar refractivity (Wildman–Crippen MR) is 161 cm³/mol. The van der Waals surface area contributed by atoms with Crippen LogP contribution in [0.5, 0.6) is 5.75 Å². The molecule has 0 atom stereocenters. The average molecular weight is 544 g/mol. The number of anilines is 2. The molecule has 0 aliphatic carbocycles. The summed E-state index contributed by atoms with van der Waals surface area (Å²) in [5.74, 6) is 1.15. The molecule has 2 N–H and O–H groups in total. The molecule has 210 valence electrons. The summed E-state index contributed by atoms with van der Waals surface area (Å²) in [7, 11) is 3.66. The molecule has 0 saturated carbocycles. The molecule has 0 aliphatic rings. The van der Waals surface area contributed by atoms with Gasteiger partial charge in [0.1, 0.15) is 17.4 Å². The number of fused-ring (bicyclic) bond motifs is 1. The monoisotopic (exact) mass is 543 g/mol. The molecule has 0 unspecified atom stereocenters. The van der Waals surface area contributed by atoms with Gasteiger partial charge in [0.05, 0.1) is 18.3 Å². The molecule has 0 aliphatic heterocycles. The molecule has 0 fully saturated rings. The quantitative estimate of drug-likeness (QED) is 0.233. The van der Waals surface area contributed by atoms with Gasteiger partial charge in [-0.15, -0.1) is 0 Å².